The van der Waals surface area contributed by atoms with Crippen LogP contribution in [0.5, 0.6) is 0 Å². The molecule has 0 saturated carbocycles. The van der Waals surface area contributed by atoms with Crippen molar-refractivity contribution in [1.29, 1.82) is 0 Å². The quantitative estimate of drug-likeness (QED) is 0.765. The zero-order chi connectivity index (χ0) is 19.8. The van der Waals surface area contributed by atoms with Crippen molar-refractivity contribution >= 4 is 11.8 Å². The molecule has 28 heavy (non-hydrogen) atoms. The molecule has 7 heteroatoms. The minimum Gasteiger partial charge on any atom is -0.379 e. The van der Waals surface area contributed by atoms with Gasteiger partial charge in [-0.25, -0.2) is 9.78 Å². The maximum Gasteiger partial charge on any atom is 0.315 e. The van der Waals surface area contributed by atoms with Crippen LogP contribution in [0.4, 0.5) is 10.6 Å². The fraction of sp³-hybridized carbons (Fsp3) is 0.429. The Morgan fingerprint density at radius 2 is 1.82 bits per heavy atom. The van der Waals surface area contributed by atoms with Gasteiger partial charge in [0.05, 0.1) is 13.2 Å². The van der Waals surface area contributed by atoms with E-state index in [-0.39, 0.29) is 6.03 Å². The lowest BCUT2D eigenvalue weighted by Crippen LogP contribution is -2.37. The van der Waals surface area contributed by atoms with Gasteiger partial charge in [0, 0.05) is 53.0 Å². The summed E-state index contributed by atoms with van der Waals surface area (Å²) in [5.41, 5.74) is 3.40. The van der Waals surface area contributed by atoms with Crippen LogP contribution >= 0.6 is 0 Å². The summed E-state index contributed by atoms with van der Waals surface area (Å²) in [7, 11) is 3.89. The monoisotopic (exact) mass is 383 g/mol. The second kappa shape index (κ2) is 10.1. The van der Waals surface area contributed by atoms with Gasteiger partial charge < -0.3 is 20.3 Å². The number of urea groups is 1. The van der Waals surface area contributed by atoms with Crippen LogP contribution in [0.15, 0.2) is 42.6 Å². The van der Waals surface area contributed by atoms with E-state index >= 15 is 0 Å². The number of carbonyl (C=O) groups is 1. The van der Waals surface area contributed by atoms with Gasteiger partial charge in [-0.05, 0) is 28.8 Å². The summed E-state index contributed by atoms with van der Waals surface area (Å²) in [4.78, 5) is 20.8. The Hall–Kier alpha value is -2.64. The van der Waals surface area contributed by atoms with Gasteiger partial charge >= 0.3 is 6.03 Å². The summed E-state index contributed by atoms with van der Waals surface area (Å²) < 4.78 is 5.42. The minimum absolute atomic E-state index is 0.176. The van der Waals surface area contributed by atoms with Crippen molar-refractivity contribution < 1.29 is 9.53 Å². The highest BCUT2D eigenvalue weighted by Gasteiger charge is 2.13. The predicted molar refractivity (Wildman–Crippen MR) is 110 cm³/mol. The standard InChI is InChI=1S/C21H29N5O2/c1-25(2)20-13-17(7-8-22-20)14-23-21(27)24-15-18-5-3-4-6-19(18)16-26-9-11-28-12-10-26/h3-8,13H,9-12,14-16H2,1-2H3,(H2,23,24,27). The van der Waals surface area contributed by atoms with Crippen LogP contribution in [0.2, 0.25) is 0 Å². The van der Waals surface area contributed by atoms with E-state index in [0.717, 1.165) is 49.8 Å². The molecule has 1 saturated heterocycles. The fourth-order valence-corrected chi connectivity index (χ4v) is 3.12. The molecule has 0 aliphatic carbocycles. The van der Waals surface area contributed by atoms with Gasteiger partial charge in [-0.15, -0.1) is 0 Å². The van der Waals surface area contributed by atoms with Crippen LogP contribution < -0.4 is 15.5 Å². The Balaban J connectivity index is 1.50. The zero-order valence-corrected chi connectivity index (χ0v) is 16.6. The van der Waals surface area contributed by atoms with E-state index in [1.807, 2.05) is 43.3 Å². The number of rotatable bonds is 7. The molecule has 150 valence electrons. The number of benzene rings is 1. The van der Waals surface area contributed by atoms with E-state index in [1.165, 1.54) is 5.56 Å². The highest BCUT2D eigenvalue weighted by molar-refractivity contribution is 5.73. The van der Waals surface area contributed by atoms with Crippen LogP contribution in [-0.2, 0) is 24.4 Å². The summed E-state index contributed by atoms with van der Waals surface area (Å²) in [5.74, 6) is 0.872. The van der Waals surface area contributed by atoms with Crippen molar-refractivity contribution in [3.8, 4) is 0 Å². The fourth-order valence-electron chi connectivity index (χ4n) is 3.12. The van der Waals surface area contributed by atoms with Crippen LogP contribution in [0, 0.1) is 0 Å². The molecule has 1 aliphatic heterocycles. The maximum atomic E-state index is 12.2. The molecule has 1 aromatic carbocycles. The highest BCUT2D eigenvalue weighted by Crippen LogP contribution is 2.13. The molecule has 2 amide bonds. The third-order valence-electron chi connectivity index (χ3n) is 4.78. The number of morpholine rings is 1. The number of nitrogens with one attached hydrogen (secondary N) is 2. The first-order chi connectivity index (χ1) is 13.6. The SMILES string of the molecule is CN(C)c1cc(CNC(=O)NCc2ccccc2CN2CCOCC2)ccn1. The largest absolute Gasteiger partial charge is 0.379 e. The number of hydrogen-bond acceptors (Lipinski definition) is 5. The molecule has 3 rings (SSSR count). The molecule has 1 aromatic heterocycles. The lowest BCUT2D eigenvalue weighted by Gasteiger charge is -2.27. The molecular weight excluding hydrogens is 354 g/mol. The molecule has 0 atom stereocenters. The summed E-state index contributed by atoms with van der Waals surface area (Å²) in [6, 6.07) is 12.0. The second-order valence-corrected chi connectivity index (χ2v) is 7.11. The van der Waals surface area contributed by atoms with Crippen molar-refractivity contribution in [2.45, 2.75) is 19.6 Å². The lowest BCUT2D eigenvalue weighted by molar-refractivity contribution is 0.0341. The van der Waals surface area contributed by atoms with E-state index in [2.05, 4.69) is 32.7 Å². The molecule has 2 heterocycles. The molecule has 0 unspecified atom stereocenters. The average molecular weight is 383 g/mol. The Morgan fingerprint density at radius 3 is 2.57 bits per heavy atom. The number of aromatic nitrogens is 1. The van der Waals surface area contributed by atoms with Crippen molar-refractivity contribution in [1.82, 2.24) is 20.5 Å². The van der Waals surface area contributed by atoms with E-state index in [1.54, 1.807) is 6.20 Å². The normalized spacial score (nSPS) is 14.5. The molecule has 1 aliphatic rings. The number of ether oxygens (including phenoxy) is 1. The summed E-state index contributed by atoms with van der Waals surface area (Å²) in [6.45, 7) is 5.32. The summed E-state index contributed by atoms with van der Waals surface area (Å²) >= 11 is 0. The number of anilines is 1. The van der Waals surface area contributed by atoms with Crippen molar-refractivity contribution in [2.75, 3.05) is 45.3 Å². The number of hydrogen-bond donors (Lipinski definition) is 2. The van der Waals surface area contributed by atoms with Crippen LogP contribution in [0.1, 0.15) is 16.7 Å². The Labute approximate surface area is 166 Å². The Bertz CT molecular complexity index is 775. The lowest BCUT2D eigenvalue weighted by atomic mass is 10.1. The maximum absolute atomic E-state index is 12.2. The minimum atomic E-state index is -0.176. The second-order valence-electron chi connectivity index (χ2n) is 7.11. The molecule has 0 bridgehead atoms. The van der Waals surface area contributed by atoms with E-state index in [9.17, 15) is 4.79 Å². The molecular formula is C21H29N5O2. The number of amides is 2. The number of carbonyl (C=O) groups excluding carboxylic acids is 1. The van der Waals surface area contributed by atoms with Crippen molar-refractivity contribution in [2.24, 2.45) is 0 Å². The van der Waals surface area contributed by atoms with Crippen LogP contribution in [0.3, 0.4) is 0 Å². The topological polar surface area (TPSA) is 69.7 Å². The van der Waals surface area contributed by atoms with Crippen molar-refractivity contribution in [3.63, 3.8) is 0 Å². The first kappa shape index (κ1) is 20.1. The van der Waals surface area contributed by atoms with E-state index in [4.69, 9.17) is 4.74 Å². The third kappa shape index (κ3) is 5.94. The molecule has 0 spiro atoms. The molecule has 0 radical (unpaired) electrons. The first-order valence-corrected chi connectivity index (χ1v) is 9.62. The molecule has 2 N–H and O–H groups in total. The van der Waals surface area contributed by atoms with Gasteiger partial charge in [0.15, 0.2) is 0 Å². The summed E-state index contributed by atoms with van der Waals surface area (Å²) in [6.07, 6.45) is 1.76. The van der Waals surface area contributed by atoms with E-state index < -0.39 is 0 Å². The van der Waals surface area contributed by atoms with Gasteiger partial charge in [-0.2, -0.15) is 0 Å². The Kier molecular flexibility index (Phi) is 7.22. The first-order valence-electron chi connectivity index (χ1n) is 9.62. The molecule has 7 nitrogen and oxygen atoms in total. The smallest absolute Gasteiger partial charge is 0.315 e. The van der Waals surface area contributed by atoms with E-state index in [0.29, 0.717) is 13.1 Å². The predicted octanol–water partition coefficient (Wildman–Crippen LogP) is 1.98. The number of pyridine rings is 1. The van der Waals surface area contributed by atoms with Crippen LogP contribution in [0.25, 0.3) is 0 Å². The molecule has 2 aromatic rings. The van der Waals surface area contributed by atoms with Gasteiger partial charge in [-0.1, -0.05) is 24.3 Å². The van der Waals surface area contributed by atoms with Gasteiger partial charge in [0.2, 0.25) is 0 Å². The molecule has 1 fully saturated rings. The van der Waals surface area contributed by atoms with Crippen molar-refractivity contribution in [3.05, 3.63) is 59.3 Å². The highest BCUT2D eigenvalue weighted by atomic mass is 16.5. The average Bonchev–Trinajstić information content (AvgIpc) is 2.72. The van der Waals surface area contributed by atoms with Gasteiger partial charge in [-0.3, -0.25) is 4.90 Å². The Morgan fingerprint density at radius 1 is 1.11 bits per heavy atom. The van der Waals surface area contributed by atoms with Gasteiger partial charge in [0.1, 0.15) is 5.82 Å². The van der Waals surface area contributed by atoms with Gasteiger partial charge in [0.25, 0.3) is 0 Å². The van der Waals surface area contributed by atoms with Crippen LogP contribution in [-0.4, -0.2) is 56.3 Å². The zero-order valence-electron chi connectivity index (χ0n) is 16.6. The third-order valence-corrected chi connectivity index (χ3v) is 4.78. The summed E-state index contributed by atoms with van der Waals surface area (Å²) in [5, 5.41) is 5.88. The number of nitrogens with zero attached hydrogens (tertiary/aromatic N) is 3.